The van der Waals surface area contributed by atoms with Gasteiger partial charge in [0.15, 0.2) is 17.5 Å². The number of rotatable bonds is 5. The van der Waals surface area contributed by atoms with E-state index in [1.165, 1.54) is 0 Å². The smallest absolute Gasteiger partial charge is 0.164 e. The van der Waals surface area contributed by atoms with Crippen molar-refractivity contribution in [2.24, 2.45) is 0 Å². The molecule has 0 N–H and O–H groups in total. The predicted molar refractivity (Wildman–Crippen MR) is 202 cm³/mol. The van der Waals surface area contributed by atoms with Crippen LogP contribution in [0.2, 0.25) is 0 Å². The molecule has 0 aliphatic carbocycles. The third-order valence-electron chi connectivity index (χ3n) is 9.34. The highest BCUT2D eigenvalue weighted by atomic mass is 16.3. The Balaban J connectivity index is 1.18. The van der Waals surface area contributed by atoms with Crippen LogP contribution in [-0.4, -0.2) is 15.0 Å². The van der Waals surface area contributed by atoms with Crippen molar-refractivity contribution in [3.8, 4) is 56.4 Å². The van der Waals surface area contributed by atoms with Crippen molar-refractivity contribution in [1.29, 1.82) is 0 Å². The predicted octanol–water partition coefficient (Wildman–Crippen LogP) is 12.0. The summed E-state index contributed by atoms with van der Waals surface area (Å²) in [5.74, 6) is 1.76. The Bertz CT molecular complexity index is 2890. The quantitative estimate of drug-likeness (QED) is 0.187. The first-order chi connectivity index (χ1) is 24.8. The lowest BCUT2D eigenvalue weighted by molar-refractivity contribution is 0.669. The number of fused-ring (bicyclic) bond motifs is 6. The third-order valence-corrected chi connectivity index (χ3v) is 9.34. The molecule has 0 bridgehead atoms. The molecule has 0 fully saturated rings. The molecule has 50 heavy (non-hydrogen) atoms. The fourth-order valence-electron chi connectivity index (χ4n) is 6.98. The molecule has 10 aromatic rings. The van der Waals surface area contributed by atoms with Gasteiger partial charge in [0.25, 0.3) is 0 Å². The molecule has 0 amide bonds. The summed E-state index contributed by atoms with van der Waals surface area (Å²) in [6.07, 6.45) is 0. The number of hydrogen-bond acceptors (Lipinski definition) is 5. The van der Waals surface area contributed by atoms with Crippen molar-refractivity contribution in [3.05, 3.63) is 164 Å². The number of furan rings is 2. The Hall–Kier alpha value is -6.85. The van der Waals surface area contributed by atoms with Crippen LogP contribution in [-0.2, 0) is 0 Å². The van der Waals surface area contributed by atoms with E-state index in [1.54, 1.807) is 0 Å². The number of para-hydroxylation sites is 3. The molecule has 7 aromatic carbocycles. The molecule has 0 saturated heterocycles. The van der Waals surface area contributed by atoms with Gasteiger partial charge in [-0.05, 0) is 47.0 Å². The second kappa shape index (κ2) is 11.4. The Morgan fingerprint density at radius 2 is 0.840 bits per heavy atom. The maximum Gasteiger partial charge on any atom is 0.164 e. The minimum atomic E-state index is 0.581. The van der Waals surface area contributed by atoms with Crippen LogP contribution in [0, 0.1) is 0 Å². The zero-order valence-electron chi connectivity index (χ0n) is 26.7. The average molecular weight is 642 g/mol. The molecule has 0 aliphatic heterocycles. The lowest BCUT2D eigenvalue weighted by atomic mass is 10.00. The molecule has 0 aliphatic rings. The van der Waals surface area contributed by atoms with Crippen molar-refractivity contribution >= 4 is 43.9 Å². The second-order valence-corrected chi connectivity index (χ2v) is 12.4. The molecule has 10 rings (SSSR count). The molecular weight excluding hydrogens is 615 g/mol. The highest BCUT2D eigenvalue weighted by molar-refractivity contribution is 6.12. The summed E-state index contributed by atoms with van der Waals surface area (Å²) in [5.41, 5.74) is 10.3. The van der Waals surface area contributed by atoms with Gasteiger partial charge in [0.2, 0.25) is 0 Å². The molecule has 0 saturated carbocycles. The van der Waals surface area contributed by atoms with Gasteiger partial charge in [0, 0.05) is 43.8 Å². The van der Waals surface area contributed by atoms with Crippen molar-refractivity contribution in [3.63, 3.8) is 0 Å². The van der Waals surface area contributed by atoms with Gasteiger partial charge in [0.1, 0.15) is 22.3 Å². The highest BCUT2D eigenvalue weighted by Crippen LogP contribution is 2.39. The van der Waals surface area contributed by atoms with Gasteiger partial charge in [-0.2, -0.15) is 0 Å². The Morgan fingerprint density at radius 1 is 0.320 bits per heavy atom. The number of nitrogens with zero attached hydrogens (tertiary/aromatic N) is 3. The summed E-state index contributed by atoms with van der Waals surface area (Å²) < 4.78 is 12.7. The van der Waals surface area contributed by atoms with E-state index in [1.807, 2.05) is 54.6 Å². The van der Waals surface area contributed by atoms with Crippen LogP contribution in [0.1, 0.15) is 0 Å². The monoisotopic (exact) mass is 641 g/mol. The minimum absolute atomic E-state index is 0.581. The summed E-state index contributed by atoms with van der Waals surface area (Å²) in [5, 5.41) is 4.20. The number of aromatic nitrogens is 3. The topological polar surface area (TPSA) is 65.0 Å². The van der Waals surface area contributed by atoms with Gasteiger partial charge in [-0.25, -0.2) is 15.0 Å². The van der Waals surface area contributed by atoms with Crippen LogP contribution in [0.15, 0.2) is 173 Å². The van der Waals surface area contributed by atoms with Gasteiger partial charge in [-0.3, -0.25) is 0 Å². The first kappa shape index (κ1) is 28.2. The van der Waals surface area contributed by atoms with Crippen molar-refractivity contribution in [2.45, 2.75) is 0 Å². The lowest BCUT2D eigenvalue weighted by Gasteiger charge is -2.11. The van der Waals surface area contributed by atoms with E-state index in [2.05, 4.69) is 109 Å². The standard InChI is InChI=1S/C45H27N3O2/c1-2-12-28(13-3-1)29-14-8-16-31(26-29)43-46-44(48-45(47-43)37-22-11-25-40-41(37)36-19-5-7-24-39(36)49-40)32-17-9-15-30(27-32)33-20-10-21-35-34-18-4-6-23-38(34)50-42(33)35/h1-27H. The van der Waals surface area contributed by atoms with E-state index in [-0.39, 0.29) is 0 Å². The van der Waals surface area contributed by atoms with E-state index in [4.69, 9.17) is 23.8 Å². The largest absolute Gasteiger partial charge is 0.456 e. The Labute approximate surface area is 287 Å². The van der Waals surface area contributed by atoms with Crippen molar-refractivity contribution in [2.75, 3.05) is 0 Å². The maximum absolute atomic E-state index is 6.40. The first-order valence-electron chi connectivity index (χ1n) is 16.6. The molecule has 5 heteroatoms. The SMILES string of the molecule is c1ccc(-c2cccc(-c3nc(-c4cccc(-c5cccc6c5oc5ccccc56)c4)nc(-c4cccc5oc6ccccc6c45)n3)c2)cc1. The van der Waals surface area contributed by atoms with Crippen LogP contribution in [0.4, 0.5) is 0 Å². The summed E-state index contributed by atoms with van der Waals surface area (Å²) in [6.45, 7) is 0. The van der Waals surface area contributed by atoms with E-state index >= 15 is 0 Å². The summed E-state index contributed by atoms with van der Waals surface area (Å²) in [6, 6.07) is 55.7. The van der Waals surface area contributed by atoms with E-state index in [0.29, 0.717) is 17.5 Å². The lowest BCUT2D eigenvalue weighted by Crippen LogP contribution is -2.00. The summed E-state index contributed by atoms with van der Waals surface area (Å²) >= 11 is 0. The fraction of sp³-hybridized carbons (Fsp3) is 0. The van der Waals surface area contributed by atoms with Crippen LogP contribution < -0.4 is 0 Å². The molecule has 0 atom stereocenters. The molecule has 3 aromatic heterocycles. The van der Waals surface area contributed by atoms with Crippen molar-refractivity contribution < 1.29 is 8.83 Å². The Morgan fingerprint density at radius 3 is 1.64 bits per heavy atom. The second-order valence-electron chi connectivity index (χ2n) is 12.4. The van der Waals surface area contributed by atoms with Crippen LogP contribution >= 0.6 is 0 Å². The van der Waals surface area contributed by atoms with Crippen LogP contribution in [0.5, 0.6) is 0 Å². The van der Waals surface area contributed by atoms with Crippen molar-refractivity contribution in [1.82, 2.24) is 15.0 Å². The molecule has 0 unspecified atom stereocenters. The summed E-state index contributed by atoms with van der Waals surface area (Å²) in [4.78, 5) is 15.4. The molecule has 0 spiro atoms. The zero-order chi connectivity index (χ0) is 33.0. The zero-order valence-corrected chi connectivity index (χ0v) is 26.7. The first-order valence-corrected chi connectivity index (χ1v) is 16.6. The molecule has 3 heterocycles. The van der Waals surface area contributed by atoms with Gasteiger partial charge in [0.05, 0.1) is 0 Å². The normalized spacial score (nSPS) is 11.6. The van der Waals surface area contributed by atoms with Gasteiger partial charge in [-0.15, -0.1) is 0 Å². The maximum atomic E-state index is 6.40. The van der Waals surface area contributed by atoms with E-state index in [9.17, 15) is 0 Å². The number of benzene rings is 7. The highest BCUT2D eigenvalue weighted by Gasteiger charge is 2.19. The van der Waals surface area contributed by atoms with Gasteiger partial charge < -0.3 is 8.83 Å². The molecule has 5 nitrogen and oxygen atoms in total. The van der Waals surface area contributed by atoms with Gasteiger partial charge >= 0.3 is 0 Å². The van der Waals surface area contributed by atoms with Crippen LogP contribution in [0.25, 0.3) is 100 Å². The van der Waals surface area contributed by atoms with Crippen LogP contribution in [0.3, 0.4) is 0 Å². The average Bonchev–Trinajstić information content (AvgIpc) is 3.77. The Kier molecular flexibility index (Phi) is 6.42. The fourth-order valence-corrected chi connectivity index (χ4v) is 6.98. The number of hydrogen-bond donors (Lipinski definition) is 0. The third kappa shape index (κ3) is 4.67. The van der Waals surface area contributed by atoms with E-state index in [0.717, 1.165) is 82.8 Å². The molecule has 234 valence electrons. The minimum Gasteiger partial charge on any atom is -0.456 e. The molecular formula is C45H27N3O2. The van der Waals surface area contributed by atoms with E-state index < -0.39 is 0 Å². The summed E-state index contributed by atoms with van der Waals surface area (Å²) in [7, 11) is 0. The van der Waals surface area contributed by atoms with Gasteiger partial charge in [-0.1, -0.05) is 133 Å². The molecule has 0 radical (unpaired) electrons.